The molecule has 1 N–H and O–H groups in total. The van der Waals surface area contributed by atoms with E-state index in [0.29, 0.717) is 0 Å². The van der Waals surface area contributed by atoms with Gasteiger partial charge in [0.2, 0.25) is 0 Å². The maximum Gasteiger partial charge on any atom is 0.131 e. The van der Waals surface area contributed by atoms with E-state index in [1.165, 1.54) is 0 Å². The zero-order valence-corrected chi connectivity index (χ0v) is 9.01. The molecule has 0 aliphatic heterocycles. The van der Waals surface area contributed by atoms with E-state index in [0.717, 1.165) is 5.76 Å². The second-order valence-electron chi connectivity index (χ2n) is 3.90. The molecule has 0 aliphatic carbocycles. The van der Waals surface area contributed by atoms with Crippen molar-refractivity contribution in [1.82, 2.24) is 0 Å². The van der Waals surface area contributed by atoms with Crippen molar-refractivity contribution in [1.29, 1.82) is 0 Å². The second-order valence-corrected chi connectivity index (χ2v) is 3.90. The van der Waals surface area contributed by atoms with Crippen LogP contribution < -0.4 is 0 Å². The highest BCUT2D eigenvalue weighted by atomic mass is 16.5. The third-order valence-corrected chi connectivity index (χ3v) is 2.42. The van der Waals surface area contributed by atoms with Gasteiger partial charge in [0.1, 0.15) is 5.60 Å². The van der Waals surface area contributed by atoms with Gasteiger partial charge in [-0.15, -0.1) is 6.42 Å². The maximum absolute atomic E-state index is 9.86. The largest absolute Gasteiger partial charge is 0.502 e. The molecule has 2 nitrogen and oxygen atoms in total. The molecular formula is C11H18O2. The van der Waals surface area contributed by atoms with Crippen LogP contribution in [0.1, 0.15) is 27.7 Å². The molecule has 2 heteroatoms. The summed E-state index contributed by atoms with van der Waals surface area (Å²) >= 11 is 0. The van der Waals surface area contributed by atoms with E-state index < -0.39 is 11.0 Å². The molecule has 0 spiro atoms. The van der Waals surface area contributed by atoms with Crippen LogP contribution in [-0.2, 0) is 4.74 Å². The lowest BCUT2D eigenvalue weighted by Crippen LogP contribution is -2.39. The van der Waals surface area contributed by atoms with Gasteiger partial charge in [-0.3, -0.25) is 0 Å². The lowest BCUT2D eigenvalue weighted by molar-refractivity contribution is 0.0283. The van der Waals surface area contributed by atoms with Crippen LogP contribution in [0.5, 0.6) is 0 Å². The van der Waals surface area contributed by atoms with Crippen molar-refractivity contribution < 1.29 is 9.84 Å². The van der Waals surface area contributed by atoms with Crippen LogP contribution in [0, 0.1) is 17.8 Å². The molecule has 0 saturated heterocycles. The van der Waals surface area contributed by atoms with E-state index >= 15 is 0 Å². The molecule has 0 radical (unpaired) electrons. The van der Waals surface area contributed by atoms with Gasteiger partial charge in [0, 0.05) is 5.41 Å². The molecule has 0 fully saturated rings. The summed E-state index contributed by atoms with van der Waals surface area (Å²) in [4.78, 5) is 0. The summed E-state index contributed by atoms with van der Waals surface area (Å²) in [6.07, 6.45) is 7.07. The Kier molecular flexibility index (Phi) is 3.57. The SMILES string of the molecule is C#CC(C)(O)C(C)(C)/C=C(/C)OC. The third-order valence-electron chi connectivity index (χ3n) is 2.42. The fourth-order valence-electron chi connectivity index (χ4n) is 0.894. The van der Waals surface area contributed by atoms with Gasteiger partial charge in [0.25, 0.3) is 0 Å². The number of allylic oxidation sites excluding steroid dienone is 1. The van der Waals surface area contributed by atoms with Gasteiger partial charge in [-0.25, -0.2) is 0 Å². The van der Waals surface area contributed by atoms with Crippen molar-refractivity contribution in [2.45, 2.75) is 33.3 Å². The van der Waals surface area contributed by atoms with Crippen molar-refractivity contribution >= 4 is 0 Å². The number of methoxy groups -OCH3 is 1. The van der Waals surface area contributed by atoms with Crippen LogP contribution in [0.2, 0.25) is 0 Å². The minimum absolute atomic E-state index is 0.498. The first-order valence-electron chi connectivity index (χ1n) is 4.20. The number of ether oxygens (including phenoxy) is 1. The molecule has 0 bridgehead atoms. The van der Waals surface area contributed by atoms with Crippen LogP contribution in [0.15, 0.2) is 11.8 Å². The Bertz CT molecular complexity index is 241. The fraction of sp³-hybridized carbons (Fsp3) is 0.636. The summed E-state index contributed by atoms with van der Waals surface area (Å²) < 4.78 is 5.01. The highest BCUT2D eigenvalue weighted by Crippen LogP contribution is 2.32. The van der Waals surface area contributed by atoms with E-state index in [4.69, 9.17) is 11.2 Å². The molecule has 0 amide bonds. The number of terminal acetylenes is 1. The first kappa shape index (κ1) is 12.1. The Labute approximate surface area is 80.6 Å². The molecule has 1 unspecified atom stereocenters. The van der Waals surface area contributed by atoms with Crippen LogP contribution in [-0.4, -0.2) is 17.8 Å². The van der Waals surface area contributed by atoms with Gasteiger partial charge in [-0.1, -0.05) is 19.8 Å². The smallest absolute Gasteiger partial charge is 0.131 e. The van der Waals surface area contributed by atoms with Gasteiger partial charge in [0.15, 0.2) is 0 Å². The average Bonchev–Trinajstić information content (AvgIpc) is 2.03. The van der Waals surface area contributed by atoms with Crippen LogP contribution >= 0.6 is 0 Å². The van der Waals surface area contributed by atoms with Crippen molar-refractivity contribution in [3.8, 4) is 12.3 Å². The average molecular weight is 182 g/mol. The molecule has 13 heavy (non-hydrogen) atoms. The van der Waals surface area contributed by atoms with Crippen molar-refractivity contribution in [2.75, 3.05) is 7.11 Å². The highest BCUT2D eigenvalue weighted by molar-refractivity contribution is 5.18. The van der Waals surface area contributed by atoms with Crippen molar-refractivity contribution in [3.05, 3.63) is 11.8 Å². The second kappa shape index (κ2) is 3.85. The van der Waals surface area contributed by atoms with Crippen molar-refractivity contribution in [3.63, 3.8) is 0 Å². The van der Waals surface area contributed by atoms with Crippen LogP contribution in [0.3, 0.4) is 0 Å². The molecule has 0 rings (SSSR count). The molecule has 74 valence electrons. The zero-order valence-electron chi connectivity index (χ0n) is 9.01. The topological polar surface area (TPSA) is 29.5 Å². The fourth-order valence-corrected chi connectivity index (χ4v) is 0.894. The standard InChI is InChI=1S/C11H18O2/c1-7-11(5,12)10(3,4)8-9(2)13-6/h1,8,12H,2-6H3/b9-8-. The van der Waals surface area contributed by atoms with Gasteiger partial charge < -0.3 is 9.84 Å². The number of hydrogen-bond donors (Lipinski definition) is 1. The van der Waals surface area contributed by atoms with E-state index in [2.05, 4.69) is 5.92 Å². The molecule has 0 saturated carbocycles. The molecule has 0 aromatic heterocycles. The summed E-state index contributed by atoms with van der Waals surface area (Å²) in [6, 6.07) is 0. The Morgan fingerprint density at radius 1 is 1.46 bits per heavy atom. The minimum Gasteiger partial charge on any atom is -0.502 e. The summed E-state index contributed by atoms with van der Waals surface area (Å²) in [5.41, 5.74) is -1.66. The molecular weight excluding hydrogens is 164 g/mol. The zero-order chi connectivity index (χ0) is 10.7. The van der Waals surface area contributed by atoms with E-state index in [-0.39, 0.29) is 0 Å². The Morgan fingerprint density at radius 3 is 2.23 bits per heavy atom. The summed E-state index contributed by atoms with van der Waals surface area (Å²) in [5.74, 6) is 3.12. The first-order valence-corrected chi connectivity index (χ1v) is 4.20. The third kappa shape index (κ3) is 2.78. The van der Waals surface area contributed by atoms with Gasteiger partial charge in [-0.05, 0) is 19.9 Å². The van der Waals surface area contributed by atoms with Crippen LogP contribution in [0.4, 0.5) is 0 Å². The maximum atomic E-state index is 9.86. The summed E-state index contributed by atoms with van der Waals surface area (Å²) in [5, 5.41) is 9.86. The van der Waals surface area contributed by atoms with E-state index in [9.17, 15) is 5.11 Å². The Morgan fingerprint density at radius 2 is 1.92 bits per heavy atom. The molecule has 0 aliphatic rings. The lowest BCUT2D eigenvalue weighted by atomic mass is 9.76. The van der Waals surface area contributed by atoms with Crippen molar-refractivity contribution in [2.24, 2.45) is 5.41 Å². The predicted octanol–water partition coefficient (Wildman–Crippen LogP) is 1.95. The Balaban J connectivity index is 4.90. The molecule has 0 aromatic rings. The Hall–Kier alpha value is -0.940. The van der Waals surface area contributed by atoms with Crippen LogP contribution in [0.25, 0.3) is 0 Å². The predicted molar refractivity (Wildman–Crippen MR) is 54.0 cm³/mol. The number of hydrogen-bond acceptors (Lipinski definition) is 2. The summed E-state index contributed by atoms with van der Waals surface area (Å²) in [6.45, 7) is 7.19. The van der Waals surface area contributed by atoms with Gasteiger partial charge >= 0.3 is 0 Å². The van der Waals surface area contributed by atoms with Gasteiger partial charge in [0.05, 0.1) is 12.9 Å². The molecule has 0 heterocycles. The molecule has 1 atom stereocenters. The van der Waals surface area contributed by atoms with Gasteiger partial charge in [-0.2, -0.15) is 0 Å². The number of rotatable bonds is 3. The lowest BCUT2D eigenvalue weighted by Gasteiger charge is -2.33. The normalized spacial score (nSPS) is 17.5. The monoisotopic (exact) mass is 182 g/mol. The summed E-state index contributed by atoms with van der Waals surface area (Å²) in [7, 11) is 1.59. The first-order chi connectivity index (χ1) is 5.77. The highest BCUT2D eigenvalue weighted by Gasteiger charge is 2.36. The quantitative estimate of drug-likeness (QED) is 0.534. The minimum atomic E-state index is -1.16. The van der Waals surface area contributed by atoms with E-state index in [1.54, 1.807) is 14.0 Å². The number of aliphatic hydroxyl groups is 1. The molecule has 0 aromatic carbocycles. The van der Waals surface area contributed by atoms with E-state index in [1.807, 2.05) is 26.8 Å².